The van der Waals surface area contributed by atoms with E-state index in [4.69, 9.17) is 9.47 Å². The molecule has 1 N–H and O–H groups in total. The first-order valence-corrected chi connectivity index (χ1v) is 10.1. The zero-order chi connectivity index (χ0) is 19.3. The number of nitrogens with zero attached hydrogens (tertiary/aromatic N) is 1. The topological polar surface area (TPSA) is 67.9 Å². The van der Waals surface area contributed by atoms with Gasteiger partial charge in [0.15, 0.2) is 0 Å². The number of likely N-dealkylation sites (tertiary alicyclic amines) is 1. The smallest absolute Gasteiger partial charge is 0.410 e. The zero-order valence-electron chi connectivity index (χ0n) is 17.0. The Bertz CT molecular complexity index is 481. The fraction of sp³-hybridized carbons (Fsp3) is 0.900. The van der Waals surface area contributed by atoms with E-state index in [9.17, 15) is 9.59 Å². The van der Waals surface area contributed by atoms with Crippen molar-refractivity contribution in [3.63, 3.8) is 0 Å². The highest BCUT2D eigenvalue weighted by atomic mass is 16.6. The molecule has 1 amide bonds. The van der Waals surface area contributed by atoms with E-state index in [2.05, 4.69) is 19.2 Å². The second-order valence-corrected chi connectivity index (χ2v) is 9.10. The molecule has 1 heterocycles. The molecule has 0 aromatic heterocycles. The fourth-order valence-electron chi connectivity index (χ4n) is 3.63. The summed E-state index contributed by atoms with van der Waals surface area (Å²) in [6.07, 6.45) is 5.63. The minimum atomic E-state index is -0.492. The molecule has 1 saturated heterocycles. The van der Waals surface area contributed by atoms with Crippen molar-refractivity contribution in [2.75, 3.05) is 13.1 Å². The maximum Gasteiger partial charge on any atom is 0.410 e. The Balaban J connectivity index is 1.87. The van der Waals surface area contributed by atoms with Crippen LogP contribution in [0.2, 0.25) is 0 Å². The van der Waals surface area contributed by atoms with Crippen molar-refractivity contribution in [3.05, 3.63) is 0 Å². The summed E-state index contributed by atoms with van der Waals surface area (Å²) < 4.78 is 11.2. The summed E-state index contributed by atoms with van der Waals surface area (Å²) in [5.41, 5.74) is -0.492. The molecule has 6 heteroatoms. The summed E-state index contributed by atoms with van der Waals surface area (Å²) in [4.78, 5) is 26.6. The van der Waals surface area contributed by atoms with Gasteiger partial charge < -0.3 is 14.4 Å². The van der Waals surface area contributed by atoms with E-state index in [0.29, 0.717) is 19.0 Å². The van der Waals surface area contributed by atoms with E-state index in [1.807, 2.05) is 20.8 Å². The Morgan fingerprint density at radius 2 is 1.81 bits per heavy atom. The minimum Gasteiger partial charge on any atom is -0.461 e. The van der Waals surface area contributed by atoms with Crippen molar-refractivity contribution < 1.29 is 19.1 Å². The summed E-state index contributed by atoms with van der Waals surface area (Å²) >= 11 is 0. The second kappa shape index (κ2) is 9.07. The third-order valence-electron chi connectivity index (χ3n) is 4.85. The standard InChI is InChI=1S/C20H36N2O4/c1-14(2)12-17(18(23)25-16-8-6-7-9-16)21-15-10-11-22(13-15)19(24)26-20(3,4)5/h14-17,21H,6-13H2,1-5H3. The molecular weight excluding hydrogens is 332 g/mol. The van der Waals surface area contributed by atoms with Gasteiger partial charge in [0.1, 0.15) is 17.7 Å². The lowest BCUT2D eigenvalue weighted by atomic mass is 10.0. The Morgan fingerprint density at radius 1 is 1.15 bits per heavy atom. The summed E-state index contributed by atoms with van der Waals surface area (Å²) in [5.74, 6) is 0.258. The van der Waals surface area contributed by atoms with Crippen LogP contribution in [0.4, 0.5) is 4.79 Å². The van der Waals surface area contributed by atoms with Crippen LogP contribution in [0.25, 0.3) is 0 Å². The van der Waals surface area contributed by atoms with E-state index >= 15 is 0 Å². The van der Waals surface area contributed by atoms with Gasteiger partial charge in [0.05, 0.1) is 0 Å². The normalized spacial score (nSPS) is 22.7. The lowest BCUT2D eigenvalue weighted by Crippen LogP contribution is -2.47. The molecule has 2 unspecified atom stereocenters. The van der Waals surface area contributed by atoms with Crippen LogP contribution >= 0.6 is 0 Å². The van der Waals surface area contributed by atoms with Crippen LogP contribution in [0, 0.1) is 5.92 Å². The highest BCUT2D eigenvalue weighted by Gasteiger charge is 2.33. The van der Waals surface area contributed by atoms with Crippen molar-refractivity contribution in [1.29, 1.82) is 0 Å². The van der Waals surface area contributed by atoms with Crippen molar-refractivity contribution >= 4 is 12.1 Å². The summed E-state index contributed by atoms with van der Waals surface area (Å²) in [5, 5.41) is 3.44. The Kier molecular flexibility index (Phi) is 7.33. The van der Waals surface area contributed by atoms with Crippen molar-refractivity contribution in [2.24, 2.45) is 5.92 Å². The molecule has 1 aliphatic carbocycles. The van der Waals surface area contributed by atoms with Crippen molar-refractivity contribution in [1.82, 2.24) is 10.2 Å². The molecule has 0 spiro atoms. The van der Waals surface area contributed by atoms with Gasteiger partial charge in [-0.2, -0.15) is 0 Å². The average molecular weight is 369 g/mol. The summed E-state index contributed by atoms with van der Waals surface area (Å²) in [7, 11) is 0. The van der Waals surface area contributed by atoms with Gasteiger partial charge in [-0.15, -0.1) is 0 Å². The number of hydrogen-bond acceptors (Lipinski definition) is 5. The van der Waals surface area contributed by atoms with Crippen LogP contribution in [0.5, 0.6) is 0 Å². The molecule has 0 aromatic rings. The van der Waals surface area contributed by atoms with E-state index in [1.165, 1.54) is 0 Å². The molecule has 1 saturated carbocycles. The number of hydrogen-bond donors (Lipinski definition) is 1. The van der Waals surface area contributed by atoms with Crippen molar-refractivity contribution in [3.8, 4) is 0 Å². The summed E-state index contributed by atoms with van der Waals surface area (Å²) in [6.45, 7) is 11.1. The van der Waals surface area contributed by atoms with E-state index in [-0.39, 0.29) is 30.3 Å². The Labute approximate surface area is 158 Å². The quantitative estimate of drug-likeness (QED) is 0.727. The zero-order valence-corrected chi connectivity index (χ0v) is 17.0. The maximum absolute atomic E-state index is 12.6. The number of carbonyl (C=O) groups excluding carboxylic acids is 2. The second-order valence-electron chi connectivity index (χ2n) is 9.10. The van der Waals surface area contributed by atoms with Crippen molar-refractivity contribution in [2.45, 2.75) is 96.9 Å². The Morgan fingerprint density at radius 3 is 2.38 bits per heavy atom. The van der Waals surface area contributed by atoms with E-state index in [0.717, 1.165) is 38.5 Å². The van der Waals surface area contributed by atoms with Gasteiger partial charge >= 0.3 is 12.1 Å². The molecule has 2 fully saturated rings. The van der Waals surface area contributed by atoms with Gasteiger partial charge in [0.25, 0.3) is 0 Å². The number of esters is 1. The van der Waals surface area contributed by atoms with Gasteiger partial charge in [0.2, 0.25) is 0 Å². The highest BCUT2D eigenvalue weighted by molar-refractivity contribution is 5.76. The molecule has 6 nitrogen and oxygen atoms in total. The predicted molar refractivity (Wildman–Crippen MR) is 101 cm³/mol. The molecule has 150 valence electrons. The maximum atomic E-state index is 12.6. The van der Waals surface area contributed by atoms with Crippen LogP contribution in [0.1, 0.15) is 73.1 Å². The van der Waals surface area contributed by atoms with Gasteiger partial charge in [-0.05, 0) is 65.2 Å². The molecule has 0 aromatic carbocycles. The molecular formula is C20H36N2O4. The van der Waals surface area contributed by atoms with Crippen LogP contribution in [0.3, 0.4) is 0 Å². The van der Waals surface area contributed by atoms with E-state index < -0.39 is 5.60 Å². The first-order valence-electron chi connectivity index (χ1n) is 10.1. The van der Waals surface area contributed by atoms with Crippen LogP contribution in [-0.4, -0.2) is 53.8 Å². The SMILES string of the molecule is CC(C)CC(NC1CCN(C(=O)OC(C)(C)C)C1)C(=O)OC1CCCC1. The molecule has 1 aliphatic heterocycles. The molecule has 2 atom stereocenters. The molecule has 2 aliphatic rings. The Hall–Kier alpha value is -1.30. The van der Waals surface area contributed by atoms with Crippen LogP contribution < -0.4 is 5.32 Å². The fourth-order valence-corrected chi connectivity index (χ4v) is 3.63. The third kappa shape index (κ3) is 6.78. The molecule has 0 radical (unpaired) electrons. The first kappa shape index (κ1) is 21.0. The third-order valence-corrected chi connectivity index (χ3v) is 4.85. The van der Waals surface area contributed by atoms with Crippen LogP contribution in [0.15, 0.2) is 0 Å². The number of ether oxygens (including phenoxy) is 2. The first-order chi connectivity index (χ1) is 12.1. The predicted octanol–water partition coefficient (Wildman–Crippen LogP) is 3.49. The number of nitrogens with one attached hydrogen (secondary N) is 1. The monoisotopic (exact) mass is 368 g/mol. The number of rotatable bonds is 6. The lowest BCUT2D eigenvalue weighted by molar-refractivity contribution is -0.152. The molecule has 0 bridgehead atoms. The van der Waals surface area contributed by atoms with Crippen LogP contribution in [-0.2, 0) is 14.3 Å². The number of amides is 1. The molecule has 26 heavy (non-hydrogen) atoms. The van der Waals surface area contributed by atoms with E-state index in [1.54, 1.807) is 4.90 Å². The lowest BCUT2D eigenvalue weighted by Gasteiger charge is -2.26. The highest BCUT2D eigenvalue weighted by Crippen LogP contribution is 2.23. The van der Waals surface area contributed by atoms with Gasteiger partial charge in [-0.25, -0.2) is 4.79 Å². The summed E-state index contributed by atoms with van der Waals surface area (Å²) in [6, 6.07) is -0.207. The van der Waals surface area contributed by atoms with Gasteiger partial charge in [-0.1, -0.05) is 13.8 Å². The average Bonchev–Trinajstić information content (AvgIpc) is 3.15. The van der Waals surface area contributed by atoms with Gasteiger partial charge in [0, 0.05) is 19.1 Å². The van der Waals surface area contributed by atoms with Gasteiger partial charge in [-0.3, -0.25) is 10.1 Å². The molecule has 2 rings (SSSR count). The largest absolute Gasteiger partial charge is 0.461 e. The number of carbonyl (C=O) groups is 2. The minimum absolute atomic E-state index is 0.0841.